The lowest BCUT2D eigenvalue weighted by Gasteiger charge is -2.43. The molecule has 0 spiro atoms. The molecule has 6 heteroatoms. The van der Waals surface area contributed by atoms with Crippen LogP contribution in [0.4, 0.5) is 0 Å². The Balaban J connectivity index is 0.000000303. The molecule has 0 aromatic heterocycles. The minimum Gasteiger partial charge on any atom is -0.465 e. The van der Waals surface area contributed by atoms with Crippen LogP contribution in [0.1, 0.15) is 44.0 Å². The van der Waals surface area contributed by atoms with Gasteiger partial charge in [0.05, 0.1) is 25.4 Å². The van der Waals surface area contributed by atoms with Gasteiger partial charge in [-0.2, -0.15) is 0 Å². The number of benzene rings is 3. The van der Waals surface area contributed by atoms with Crippen molar-refractivity contribution in [2.24, 2.45) is 0 Å². The monoisotopic (exact) mass is 506 g/mol. The molecule has 1 aliphatic heterocycles. The van der Waals surface area contributed by atoms with E-state index in [-0.39, 0.29) is 23.4 Å². The number of esters is 1. The molecule has 0 radical (unpaired) electrons. The minimum atomic E-state index is -2.47. The molecule has 36 heavy (non-hydrogen) atoms. The smallest absolute Gasteiger partial charge is 0.337 e. The molecule has 0 aliphatic carbocycles. The Bertz CT molecular complexity index is 1010. The van der Waals surface area contributed by atoms with Crippen molar-refractivity contribution in [3.63, 3.8) is 0 Å². The zero-order chi connectivity index (χ0) is 26.0. The molecule has 0 N–H and O–H groups in total. The van der Waals surface area contributed by atoms with E-state index in [4.69, 9.17) is 13.9 Å². The average Bonchev–Trinajstić information content (AvgIpc) is 3.38. The summed E-state index contributed by atoms with van der Waals surface area (Å²) in [7, 11) is 0.605. The quantitative estimate of drug-likeness (QED) is 0.326. The summed E-state index contributed by atoms with van der Waals surface area (Å²) in [5.74, 6) is -0.291. The molecule has 192 valence electrons. The summed E-state index contributed by atoms with van der Waals surface area (Å²) in [6, 6.07) is 30.3. The van der Waals surface area contributed by atoms with Gasteiger partial charge in [0.25, 0.3) is 8.32 Å². The molecular formula is C30H38O5Si. The fourth-order valence-electron chi connectivity index (χ4n) is 4.64. The van der Waals surface area contributed by atoms with Gasteiger partial charge in [0.1, 0.15) is 0 Å². The molecule has 1 aliphatic rings. The van der Waals surface area contributed by atoms with Crippen LogP contribution in [-0.2, 0) is 18.6 Å². The maximum Gasteiger partial charge on any atom is 0.337 e. The number of ether oxygens (including phenoxy) is 3. The van der Waals surface area contributed by atoms with Gasteiger partial charge >= 0.3 is 5.97 Å². The van der Waals surface area contributed by atoms with Gasteiger partial charge in [-0.15, -0.1) is 0 Å². The Morgan fingerprint density at radius 1 is 0.833 bits per heavy atom. The van der Waals surface area contributed by atoms with E-state index in [1.807, 2.05) is 6.07 Å². The predicted octanol–water partition coefficient (Wildman–Crippen LogP) is 5.19. The summed E-state index contributed by atoms with van der Waals surface area (Å²) in [4.78, 5) is 10.8. The van der Waals surface area contributed by atoms with Gasteiger partial charge in [-0.3, -0.25) is 0 Å². The summed E-state index contributed by atoms with van der Waals surface area (Å²) < 4.78 is 22.7. The highest BCUT2D eigenvalue weighted by Crippen LogP contribution is 2.37. The molecule has 0 unspecified atom stereocenters. The molecule has 1 heterocycles. The summed E-state index contributed by atoms with van der Waals surface area (Å²) in [5.41, 5.74) is 0.588. The molecule has 2 atom stereocenters. The Morgan fingerprint density at radius 3 is 1.75 bits per heavy atom. The van der Waals surface area contributed by atoms with E-state index < -0.39 is 8.32 Å². The number of hydrogen-bond acceptors (Lipinski definition) is 5. The first-order valence-electron chi connectivity index (χ1n) is 12.4. The van der Waals surface area contributed by atoms with Gasteiger partial charge < -0.3 is 18.6 Å². The summed E-state index contributed by atoms with van der Waals surface area (Å²) in [6.45, 7) is 7.50. The van der Waals surface area contributed by atoms with E-state index in [0.29, 0.717) is 12.2 Å². The first-order chi connectivity index (χ1) is 17.3. The topological polar surface area (TPSA) is 54.0 Å². The molecule has 0 bridgehead atoms. The van der Waals surface area contributed by atoms with Crippen LogP contribution in [-0.4, -0.2) is 47.5 Å². The van der Waals surface area contributed by atoms with Crippen molar-refractivity contribution in [3.8, 4) is 0 Å². The summed E-state index contributed by atoms with van der Waals surface area (Å²) >= 11 is 0. The first kappa shape index (κ1) is 27.8. The van der Waals surface area contributed by atoms with Gasteiger partial charge in [-0.25, -0.2) is 4.79 Å². The molecular weight excluding hydrogens is 468 g/mol. The lowest BCUT2D eigenvalue weighted by molar-refractivity contribution is -0.121. The maximum atomic E-state index is 10.8. The van der Waals surface area contributed by atoms with E-state index in [1.165, 1.54) is 17.5 Å². The molecule has 0 saturated carbocycles. The number of carbonyl (C=O) groups is 1. The zero-order valence-electron chi connectivity index (χ0n) is 22.0. The number of hydrogen-bond donors (Lipinski definition) is 0. The van der Waals surface area contributed by atoms with Crippen molar-refractivity contribution in [3.05, 3.63) is 96.6 Å². The van der Waals surface area contributed by atoms with E-state index in [1.54, 1.807) is 31.4 Å². The molecule has 5 nitrogen and oxygen atoms in total. The minimum absolute atomic E-state index is 0.00499. The highest BCUT2D eigenvalue weighted by molar-refractivity contribution is 6.99. The van der Waals surface area contributed by atoms with Crippen molar-refractivity contribution in [1.29, 1.82) is 0 Å². The van der Waals surface area contributed by atoms with Crippen molar-refractivity contribution in [2.45, 2.75) is 51.0 Å². The second-order valence-corrected chi connectivity index (χ2v) is 14.1. The van der Waals surface area contributed by atoms with E-state index in [9.17, 15) is 4.79 Å². The van der Waals surface area contributed by atoms with Gasteiger partial charge in [-0.1, -0.05) is 99.6 Å². The molecule has 1 saturated heterocycles. The van der Waals surface area contributed by atoms with Gasteiger partial charge in [0, 0.05) is 13.5 Å². The lowest BCUT2D eigenvalue weighted by atomic mass is 10.2. The largest absolute Gasteiger partial charge is 0.465 e. The molecule has 4 rings (SSSR count). The third-order valence-electron chi connectivity index (χ3n) is 6.43. The van der Waals surface area contributed by atoms with Crippen LogP contribution in [0.25, 0.3) is 0 Å². The van der Waals surface area contributed by atoms with E-state index in [2.05, 4.69) is 86.2 Å². The molecule has 3 aromatic carbocycles. The standard InChI is InChI=1S/C22H30O3Si.C8H8O2/c1-22(2,3)26(19-11-7-5-8-12-19,20-13-9-6-10-14-20)24-17-18-15-16-21(23-4)25-18;1-10-8(9)7-5-3-2-4-6-7/h5-14,18,21H,15-17H2,1-4H3;2-6H,1H3/t18-,21-;/m0./s1. The zero-order valence-corrected chi connectivity index (χ0v) is 23.0. The highest BCUT2D eigenvalue weighted by Gasteiger charge is 2.50. The van der Waals surface area contributed by atoms with Crippen LogP contribution >= 0.6 is 0 Å². The Morgan fingerprint density at radius 2 is 1.33 bits per heavy atom. The average molecular weight is 507 g/mol. The molecule has 1 fully saturated rings. The van der Waals surface area contributed by atoms with E-state index >= 15 is 0 Å². The first-order valence-corrected chi connectivity index (χ1v) is 14.3. The Labute approximate surface area is 216 Å². The third-order valence-corrected chi connectivity index (χ3v) is 11.4. The van der Waals surface area contributed by atoms with Crippen LogP contribution in [0.15, 0.2) is 91.0 Å². The van der Waals surface area contributed by atoms with Crippen LogP contribution in [0, 0.1) is 0 Å². The number of carbonyl (C=O) groups excluding carboxylic acids is 1. The fourth-order valence-corrected chi connectivity index (χ4v) is 9.23. The Kier molecular flexibility index (Phi) is 10.0. The van der Waals surface area contributed by atoms with Crippen LogP contribution in [0.5, 0.6) is 0 Å². The van der Waals surface area contributed by atoms with E-state index in [0.717, 1.165) is 12.8 Å². The summed E-state index contributed by atoms with van der Waals surface area (Å²) in [5, 5.41) is 2.61. The predicted molar refractivity (Wildman–Crippen MR) is 146 cm³/mol. The van der Waals surface area contributed by atoms with Gasteiger partial charge in [-0.05, 0) is 34.0 Å². The second-order valence-electron chi connectivity index (χ2n) is 9.83. The second kappa shape index (κ2) is 13.0. The molecule has 0 amide bonds. The van der Waals surface area contributed by atoms with Crippen molar-refractivity contribution in [2.75, 3.05) is 20.8 Å². The normalized spacial score (nSPS) is 17.7. The number of rotatable bonds is 7. The van der Waals surface area contributed by atoms with Crippen molar-refractivity contribution >= 4 is 24.7 Å². The van der Waals surface area contributed by atoms with Gasteiger partial charge in [0.2, 0.25) is 0 Å². The molecule has 3 aromatic rings. The SMILES string of the molecule is COC(=O)c1ccccc1.CO[C@@H]1CC[C@@H](CO[Si](c2ccccc2)(c2ccccc2)C(C)(C)C)O1. The van der Waals surface area contributed by atoms with Crippen molar-refractivity contribution < 1.29 is 23.4 Å². The third kappa shape index (κ3) is 6.71. The Hall–Kier alpha value is -2.77. The van der Waals surface area contributed by atoms with Gasteiger partial charge in [0.15, 0.2) is 6.29 Å². The highest BCUT2D eigenvalue weighted by atomic mass is 28.4. The fraction of sp³-hybridized carbons (Fsp3) is 0.367. The maximum absolute atomic E-state index is 10.8. The summed E-state index contributed by atoms with van der Waals surface area (Å²) in [6.07, 6.45) is 1.92. The van der Waals surface area contributed by atoms with Crippen LogP contribution in [0.2, 0.25) is 5.04 Å². The van der Waals surface area contributed by atoms with Crippen LogP contribution < -0.4 is 10.4 Å². The van der Waals surface area contributed by atoms with Crippen molar-refractivity contribution in [1.82, 2.24) is 0 Å². The van der Waals surface area contributed by atoms with Crippen LogP contribution in [0.3, 0.4) is 0 Å². The number of methoxy groups -OCH3 is 2. The lowest BCUT2D eigenvalue weighted by Crippen LogP contribution is -2.67.